The van der Waals surface area contributed by atoms with Gasteiger partial charge in [0.25, 0.3) is 5.91 Å². The average Bonchev–Trinajstić information content (AvgIpc) is 2.95. The minimum atomic E-state index is -0.375. The molecule has 0 aliphatic heterocycles. The fourth-order valence-electron chi connectivity index (χ4n) is 2.11. The number of hydrogen-bond donors (Lipinski definition) is 1. The van der Waals surface area contributed by atoms with E-state index in [0.29, 0.717) is 32.4 Å². The monoisotopic (exact) mass is 332 g/mol. The second-order valence-electron chi connectivity index (χ2n) is 4.65. The van der Waals surface area contributed by atoms with E-state index in [2.05, 4.69) is 10.3 Å². The van der Waals surface area contributed by atoms with E-state index in [1.807, 2.05) is 0 Å². The predicted octanol–water partition coefficient (Wildman–Crippen LogP) is 3.70. The first kappa shape index (κ1) is 15.2. The van der Waals surface area contributed by atoms with Gasteiger partial charge in [0.15, 0.2) is 5.13 Å². The van der Waals surface area contributed by atoms with Crippen LogP contribution in [0.2, 0.25) is 0 Å². The summed E-state index contributed by atoms with van der Waals surface area (Å²) in [6, 6.07) is 9.23. The second kappa shape index (κ2) is 6.21. The third-order valence-electron chi connectivity index (χ3n) is 3.22. The number of fused-ring (bicyclic) bond motifs is 1. The summed E-state index contributed by atoms with van der Waals surface area (Å²) in [6.07, 6.45) is 0. The van der Waals surface area contributed by atoms with Crippen molar-refractivity contribution < 1.29 is 18.7 Å². The number of carbonyl (C=O) groups is 1. The number of thiazole rings is 1. The number of benzene rings is 2. The zero-order valence-corrected chi connectivity index (χ0v) is 13.2. The molecule has 0 saturated heterocycles. The number of rotatable bonds is 4. The van der Waals surface area contributed by atoms with Crippen molar-refractivity contribution in [3.63, 3.8) is 0 Å². The Morgan fingerprint density at radius 1 is 1.17 bits per heavy atom. The molecule has 1 heterocycles. The molecular formula is C16H13FN2O3S. The van der Waals surface area contributed by atoms with Crippen molar-refractivity contribution in [1.29, 1.82) is 0 Å². The Bertz CT molecular complexity index is 879. The van der Waals surface area contributed by atoms with Crippen molar-refractivity contribution in [2.45, 2.75) is 0 Å². The van der Waals surface area contributed by atoms with E-state index in [0.717, 1.165) is 0 Å². The number of anilines is 1. The first-order valence-corrected chi connectivity index (χ1v) is 7.52. The lowest BCUT2D eigenvalue weighted by Crippen LogP contribution is -2.13. The lowest BCUT2D eigenvalue weighted by molar-refractivity contribution is 0.102. The Balaban J connectivity index is 1.90. The third kappa shape index (κ3) is 3.09. The Labute approximate surface area is 135 Å². The normalized spacial score (nSPS) is 10.6. The number of nitrogens with one attached hydrogen (secondary N) is 1. The van der Waals surface area contributed by atoms with E-state index in [9.17, 15) is 9.18 Å². The number of carbonyl (C=O) groups excluding carboxylic acids is 1. The number of aromatic nitrogens is 1. The van der Waals surface area contributed by atoms with Crippen molar-refractivity contribution in [3.8, 4) is 11.5 Å². The summed E-state index contributed by atoms with van der Waals surface area (Å²) in [5.41, 5.74) is 0.960. The SMILES string of the molecule is COc1ccc(OC)c(C(=O)Nc2nc3ccc(F)cc3s2)c1. The van der Waals surface area contributed by atoms with Gasteiger partial charge in [0.2, 0.25) is 0 Å². The summed E-state index contributed by atoms with van der Waals surface area (Å²) < 4.78 is 24.2. The van der Waals surface area contributed by atoms with Gasteiger partial charge in [0.1, 0.15) is 17.3 Å². The minimum absolute atomic E-state index is 0.331. The average molecular weight is 332 g/mol. The van der Waals surface area contributed by atoms with Gasteiger partial charge < -0.3 is 9.47 Å². The molecule has 5 nitrogen and oxygen atoms in total. The molecule has 1 N–H and O–H groups in total. The van der Waals surface area contributed by atoms with Crippen molar-refractivity contribution in [2.24, 2.45) is 0 Å². The predicted molar refractivity (Wildman–Crippen MR) is 87.1 cm³/mol. The quantitative estimate of drug-likeness (QED) is 0.791. The van der Waals surface area contributed by atoms with E-state index in [1.165, 1.54) is 37.7 Å². The Hall–Kier alpha value is -2.67. The number of halogens is 1. The molecule has 0 atom stereocenters. The number of ether oxygens (including phenoxy) is 2. The molecule has 0 unspecified atom stereocenters. The van der Waals surface area contributed by atoms with Crippen LogP contribution in [0.3, 0.4) is 0 Å². The van der Waals surface area contributed by atoms with Gasteiger partial charge in [-0.3, -0.25) is 10.1 Å². The van der Waals surface area contributed by atoms with Gasteiger partial charge in [0, 0.05) is 0 Å². The molecule has 0 radical (unpaired) electrons. The molecule has 23 heavy (non-hydrogen) atoms. The molecule has 118 valence electrons. The topological polar surface area (TPSA) is 60.5 Å². The molecule has 0 saturated carbocycles. The molecule has 3 aromatic rings. The number of nitrogens with zero attached hydrogens (tertiary/aromatic N) is 1. The van der Waals surface area contributed by atoms with Crippen LogP contribution in [0.4, 0.5) is 9.52 Å². The third-order valence-corrected chi connectivity index (χ3v) is 4.16. The Morgan fingerprint density at radius 2 is 2.00 bits per heavy atom. The van der Waals surface area contributed by atoms with Crippen LogP contribution in [0.1, 0.15) is 10.4 Å². The molecule has 7 heteroatoms. The van der Waals surface area contributed by atoms with Gasteiger partial charge in [-0.1, -0.05) is 11.3 Å². The zero-order chi connectivity index (χ0) is 16.4. The lowest BCUT2D eigenvalue weighted by Gasteiger charge is -2.09. The number of amides is 1. The molecule has 3 rings (SSSR count). The van der Waals surface area contributed by atoms with Gasteiger partial charge in [-0.2, -0.15) is 0 Å². The maximum Gasteiger partial charge on any atom is 0.261 e. The van der Waals surface area contributed by atoms with E-state index in [4.69, 9.17) is 9.47 Å². The van der Waals surface area contributed by atoms with Gasteiger partial charge in [-0.05, 0) is 36.4 Å². The fourth-order valence-corrected chi connectivity index (χ4v) is 2.99. The standard InChI is InChI=1S/C16H13FN2O3S/c1-21-10-4-6-13(22-2)11(8-10)15(20)19-16-18-12-5-3-9(17)7-14(12)23-16/h3-8H,1-2H3,(H,18,19,20). The second-order valence-corrected chi connectivity index (χ2v) is 5.68. The van der Waals surface area contributed by atoms with Crippen LogP contribution in [0.15, 0.2) is 36.4 Å². The highest BCUT2D eigenvalue weighted by Crippen LogP contribution is 2.29. The summed E-state index contributed by atoms with van der Waals surface area (Å²) in [7, 11) is 3.00. The van der Waals surface area contributed by atoms with Gasteiger partial charge in [-0.25, -0.2) is 9.37 Å². The van der Waals surface area contributed by atoms with Crippen molar-refractivity contribution >= 4 is 32.6 Å². The Morgan fingerprint density at radius 3 is 2.74 bits per heavy atom. The Kier molecular flexibility index (Phi) is 4.12. The molecule has 1 aromatic heterocycles. The largest absolute Gasteiger partial charge is 0.497 e. The number of methoxy groups -OCH3 is 2. The molecule has 1 amide bonds. The minimum Gasteiger partial charge on any atom is -0.497 e. The molecule has 0 aliphatic carbocycles. The lowest BCUT2D eigenvalue weighted by atomic mass is 10.2. The molecular weight excluding hydrogens is 319 g/mol. The summed E-state index contributed by atoms with van der Waals surface area (Å²) >= 11 is 1.20. The molecule has 0 fully saturated rings. The highest BCUT2D eigenvalue weighted by Gasteiger charge is 2.16. The van der Waals surface area contributed by atoms with Crippen LogP contribution in [-0.4, -0.2) is 25.1 Å². The van der Waals surface area contributed by atoms with Crippen LogP contribution in [-0.2, 0) is 0 Å². The van der Waals surface area contributed by atoms with Gasteiger partial charge in [-0.15, -0.1) is 0 Å². The summed E-state index contributed by atoms with van der Waals surface area (Å²) in [4.78, 5) is 16.7. The molecule has 2 aromatic carbocycles. The van der Waals surface area contributed by atoms with E-state index < -0.39 is 0 Å². The first-order chi connectivity index (χ1) is 11.1. The van der Waals surface area contributed by atoms with Crippen LogP contribution in [0.5, 0.6) is 11.5 Å². The molecule has 0 bridgehead atoms. The van der Waals surface area contributed by atoms with Crippen LogP contribution in [0.25, 0.3) is 10.2 Å². The maximum absolute atomic E-state index is 13.2. The van der Waals surface area contributed by atoms with E-state index >= 15 is 0 Å². The smallest absolute Gasteiger partial charge is 0.261 e. The van der Waals surface area contributed by atoms with Crippen molar-refractivity contribution in [2.75, 3.05) is 19.5 Å². The summed E-state index contributed by atoms with van der Waals surface area (Å²) in [5.74, 6) is 0.256. The highest BCUT2D eigenvalue weighted by atomic mass is 32.1. The van der Waals surface area contributed by atoms with Gasteiger partial charge >= 0.3 is 0 Å². The molecule has 0 aliphatic rings. The zero-order valence-electron chi connectivity index (χ0n) is 12.4. The van der Waals surface area contributed by atoms with Crippen LogP contribution in [0, 0.1) is 5.82 Å². The first-order valence-electron chi connectivity index (χ1n) is 6.70. The number of hydrogen-bond acceptors (Lipinski definition) is 5. The maximum atomic E-state index is 13.2. The van der Waals surface area contributed by atoms with E-state index in [-0.39, 0.29) is 11.7 Å². The van der Waals surface area contributed by atoms with Crippen molar-refractivity contribution in [3.05, 3.63) is 47.8 Å². The van der Waals surface area contributed by atoms with Crippen LogP contribution < -0.4 is 14.8 Å². The van der Waals surface area contributed by atoms with Gasteiger partial charge in [0.05, 0.1) is 30.0 Å². The highest BCUT2D eigenvalue weighted by molar-refractivity contribution is 7.22. The fraction of sp³-hybridized carbons (Fsp3) is 0.125. The summed E-state index contributed by atoms with van der Waals surface area (Å²) in [5, 5.41) is 3.09. The van der Waals surface area contributed by atoms with Crippen LogP contribution >= 0.6 is 11.3 Å². The van der Waals surface area contributed by atoms with Crippen molar-refractivity contribution in [1.82, 2.24) is 4.98 Å². The van der Waals surface area contributed by atoms with E-state index in [1.54, 1.807) is 24.3 Å². The summed E-state index contributed by atoms with van der Waals surface area (Å²) in [6.45, 7) is 0. The molecule has 0 spiro atoms.